The van der Waals surface area contributed by atoms with E-state index >= 15 is 0 Å². The standard InChI is InChI=1S/C18H14N4O2/c23-17(20-12-5-6-15-11(9-12)7-8-19-15)10-16-13-3-1-2-4-14(13)18(24)22-21-16/h1-9,19H,10H2,(H,20,23)(H,22,24). The Hall–Kier alpha value is -3.41. The first-order valence-corrected chi connectivity index (χ1v) is 7.54. The number of hydrogen-bond acceptors (Lipinski definition) is 3. The van der Waals surface area contributed by atoms with Crippen molar-refractivity contribution < 1.29 is 4.79 Å². The highest BCUT2D eigenvalue weighted by Gasteiger charge is 2.11. The smallest absolute Gasteiger partial charge is 0.272 e. The maximum absolute atomic E-state index is 12.3. The number of anilines is 1. The van der Waals surface area contributed by atoms with E-state index in [1.165, 1.54) is 0 Å². The lowest BCUT2D eigenvalue weighted by atomic mass is 10.1. The number of nitrogens with zero attached hydrogens (tertiary/aromatic N) is 1. The van der Waals surface area contributed by atoms with Gasteiger partial charge < -0.3 is 10.3 Å². The molecule has 2 heterocycles. The zero-order valence-corrected chi connectivity index (χ0v) is 12.7. The summed E-state index contributed by atoms with van der Waals surface area (Å²) in [6.07, 6.45) is 1.94. The summed E-state index contributed by atoms with van der Waals surface area (Å²) in [5, 5.41) is 11.6. The van der Waals surface area contributed by atoms with Crippen LogP contribution in [0.1, 0.15) is 5.69 Å². The molecule has 6 nitrogen and oxygen atoms in total. The fourth-order valence-electron chi connectivity index (χ4n) is 2.79. The van der Waals surface area contributed by atoms with Crippen LogP contribution in [-0.4, -0.2) is 21.1 Å². The van der Waals surface area contributed by atoms with Crippen LogP contribution in [0.5, 0.6) is 0 Å². The number of rotatable bonds is 3. The molecule has 2 aromatic carbocycles. The van der Waals surface area contributed by atoms with Crippen molar-refractivity contribution in [3.8, 4) is 0 Å². The molecule has 0 unspecified atom stereocenters. The highest BCUT2D eigenvalue weighted by atomic mass is 16.1. The average molecular weight is 318 g/mol. The third-order valence-electron chi connectivity index (χ3n) is 3.94. The van der Waals surface area contributed by atoms with Crippen LogP contribution in [0.2, 0.25) is 0 Å². The number of hydrogen-bond donors (Lipinski definition) is 3. The number of H-pyrrole nitrogens is 2. The molecule has 24 heavy (non-hydrogen) atoms. The second-order valence-electron chi connectivity index (χ2n) is 5.55. The average Bonchev–Trinajstić information content (AvgIpc) is 3.05. The van der Waals surface area contributed by atoms with Crippen LogP contribution in [0.15, 0.2) is 59.5 Å². The lowest BCUT2D eigenvalue weighted by Gasteiger charge is -2.07. The Labute approximate surface area is 136 Å². The first kappa shape index (κ1) is 14.2. The highest BCUT2D eigenvalue weighted by Crippen LogP contribution is 2.18. The third-order valence-corrected chi connectivity index (χ3v) is 3.94. The normalized spacial score (nSPS) is 11.0. The fraction of sp³-hybridized carbons (Fsp3) is 0.0556. The lowest BCUT2D eigenvalue weighted by molar-refractivity contribution is -0.115. The maximum atomic E-state index is 12.3. The van der Waals surface area contributed by atoms with Gasteiger partial charge in [0.2, 0.25) is 5.91 Å². The van der Waals surface area contributed by atoms with E-state index in [9.17, 15) is 9.59 Å². The number of carbonyl (C=O) groups is 1. The van der Waals surface area contributed by atoms with Crippen molar-refractivity contribution in [1.82, 2.24) is 15.2 Å². The minimum Gasteiger partial charge on any atom is -0.361 e. The number of aromatic nitrogens is 3. The van der Waals surface area contributed by atoms with E-state index in [1.807, 2.05) is 36.5 Å². The van der Waals surface area contributed by atoms with Crippen LogP contribution in [0, 0.1) is 0 Å². The highest BCUT2D eigenvalue weighted by molar-refractivity contribution is 5.96. The van der Waals surface area contributed by atoms with Gasteiger partial charge in [0, 0.05) is 28.2 Å². The number of benzene rings is 2. The lowest BCUT2D eigenvalue weighted by Crippen LogP contribution is -2.18. The Kier molecular flexibility index (Phi) is 3.35. The molecular formula is C18H14N4O2. The Bertz CT molecular complexity index is 1110. The van der Waals surface area contributed by atoms with Crippen molar-refractivity contribution in [1.29, 1.82) is 0 Å². The van der Waals surface area contributed by atoms with Gasteiger partial charge in [-0.05, 0) is 30.3 Å². The van der Waals surface area contributed by atoms with Gasteiger partial charge >= 0.3 is 0 Å². The molecule has 0 bridgehead atoms. The molecule has 3 N–H and O–H groups in total. The van der Waals surface area contributed by atoms with Gasteiger partial charge in [-0.1, -0.05) is 18.2 Å². The van der Waals surface area contributed by atoms with E-state index in [2.05, 4.69) is 20.5 Å². The number of fused-ring (bicyclic) bond motifs is 2. The summed E-state index contributed by atoms with van der Waals surface area (Å²) >= 11 is 0. The van der Waals surface area contributed by atoms with Gasteiger partial charge in [-0.25, -0.2) is 5.10 Å². The molecule has 0 aliphatic rings. The molecule has 0 radical (unpaired) electrons. The molecule has 4 rings (SSSR count). The number of carbonyl (C=O) groups excluding carboxylic acids is 1. The van der Waals surface area contributed by atoms with Gasteiger partial charge in [-0.15, -0.1) is 0 Å². The second kappa shape index (κ2) is 5.66. The molecule has 0 saturated carbocycles. The molecular weight excluding hydrogens is 304 g/mol. The van der Waals surface area contributed by atoms with E-state index in [0.717, 1.165) is 16.6 Å². The molecule has 0 aliphatic heterocycles. The summed E-state index contributed by atoms with van der Waals surface area (Å²) < 4.78 is 0. The molecule has 4 aromatic rings. The molecule has 0 aliphatic carbocycles. The zero-order chi connectivity index (χ0) is 16.5. The van der Waals surface area contributed by atoms with Crippen molar-refractivity contribution in [2.75, 3.05) is 5.32 Å². The van der Waals surface area contributed by atoms with E-state index in [0.29, 0.717) is 16.5 Å². The maximum Gasteiger partial charge on any atom is 0.272 e. The fourth-order valence-corrected chi connectivity index (χ4v) is 2.79. The minimum absolute atomic E-state index is 0.0858. The van der Waals surface area contributed by atoms with Crippen LogP contribution in [-0.2, 0) is 11.2 Å². The van der Waals surface area contributed by atoms with Crippen LogP contribution in [0.25, 0.3) is 21.7 Å². The van der Waals surface area contributed by atoms with Crippen LogP contribution in [0.4, 0.5) is 5.69 Å². The number of amides is 1. The number of aromatic amines is 2. The summed E-state index contributed by atoms with van der Waals surface area (Å²) in [6, 6.07) is 14.7. The summed E-state index contributed by atoms with van der Waals surface area (Å²) in [6.45, 7) is 0. The van der Waals surface area contributed by atoms with Crippen molar-refractivity contribution in [3.05, 3.63) is 70.8 Å². The van der Waals surface area contributed by atoms with Crippen LogP contribution < -0.4 is 10.9 Å². The molecule has 0 atom stereocenters. The van der Waals surface area contributed by atoms with Crippen molar-refractivity contribution >= 4 is 33.3 Å². The van der Waals surface area contributed by atoms with Gasteiger partial charge in [0.1, 0.15) is 0 Å². The van der Waals surface area contributed by atoms with Gasteiger partial charge in [0.25, 0.3) is 5.56 Å². The second-order valence-corrected chi connectivity index (χ2v) is 5.55. The predicted octanol–water partition coefficient (Wildman–Crippen LogP) is 2.59. The first-order chi connectivity index (χ1) is 11.7. The molecule has 118 valence electrons. The molecule has 0 saturated heterocycles. The Balaban J connectivity index is 1.60. The molecule has 2 aromatic heterocycles. The molecule has 0 spiro atoms. The summed E-state index contributed by atoms with van der Waals surface area (Å²) in [4.78, 5) is 27.2. The molecule has 6 heteroatoms. The molecule has 1 amide bonds. The Morgan fingerprint density at radius 1 is 1.08 bits per heavy atom. The molecule has 0 fully saturated rings. The summed E-state index contributed by atoms with van der Waals surface area (Å²) in [5.74, 6) is -0.186. The predicted molar refractivity (Wildman–Crippen MR) is 93.0 cm³/mol. The van der Waals surface area contributed by atoms with E-state index < -0.39 is 0 Å². The SMILES string of the molecule is O=C(Cc1n[nH]c(=O)c2ccccc12)Nc1ccc2[nH]ccc2c1. The Morgan fingerprint density at radius 3 is 2.79 bits per heavy atom. The van der Waals surface area contributed by atoms with Gasteiger partial charge in [0.15, 0.2) is 0 Å². The minimum atomic E-state index is -0.257. The van der Waals surface area contributed by atoms with Gasteiger partial charge in [0.05, 0.1) is 17.5 Å². The van der Waals surface area contributed by atoms with Crippen molar-refractivity contribution in [3.63, 3.8) is 0 Å². The topological polar surface area (TPSA) is 90.6 Å². The summed E-state index contributed by atoms with van der Waals surface area (Å²) in [7, 11) is 0. The summed E-state index contributed by atoms with van der Waals surface area (Å²) in [5.41, 5.74) is 2.03. The monoisotopic (exact) mass is 318 g/mol. The third kappa shape index (κ3) is 2.54. The van der Waals surface area contributed by atoms with Crippen LogP contribution >= 0.6 is 0 Å². The zero-order valence-electron chi connectivity index (χ0n) is 12.7. The van der Waals surface area contributed by atoms with E-state index in [1.54, 1.807) is 18.2 Å². The first-order valence-electron chi connectivity index (χ1n) is 7.54. The van der Waals surface area contributed by atoms with Gasteiger partial charge in [-0.2, -0.15) is 5.10 Å². The van der Waals surface area contributed by atoms with Gasteiger partial charge in [-0.3, -0.25) is 9.59 Å². The Morgan fingerprint density at radius 2 is 1.92 bits per heavy atom. The van der Waals surface area contributed by atoms with E-state index in [-0.39, 0.29) is 17.9 Å². The van der Waals surface area contributed by atoms with Crippen molar-refractivity contribution in [2.24, 2.45) is 0 Å². The van der Waals surface area contributed by atoms with Crippen LogP contribution in [0.3, 0.4) is 0 Å². The van der Waals surface area contributed by atoms with Crippen molar-refractivity contribution in [2.45, 2.75) is 6.42 Å². The largest absolute Gasteiger partial charge is 0.361 e. The van der Waals surface area contributed by atoms with E-state index in [4.69, 9.17) is 0 Å². The number of nitrogens with one attached hydrogen (secondary N) is 3. The quantitative estimate of drug-likeness (QED) is 0.542.